The van der Waals surface area contributed by atoms with Gasteiger partial charge in [-0.2, -0.15) is 0 Å². The first-order valence-corrected chi connectivity index (χ1v) is 8.20. The van der Waals surface area contributed by atoms with Crippen molar-refractivity contribution in [3.63, 3.8) is 0 Å². The molecule has 1 aromatic rings. The number of ether oxygens (including phenoxy) is 1. The highest BCUT2D eigenvalue weighted by Gasteiger charge is 2.40. The Morgan fingerprint density at radius 3 is 2.70 bits per heavy atom. The van der Waals surface area contributed by atoms with Gasteiger partial charge in [0.25, 0.3) is 0 Å². The van der Waals surface area contributed by atoms with Crippen LogP contribution in [0.2, 0.25) is 5.02 Å². The normalized spacial score (nSPS) is 15.6. The van der Waals surface area contributed by atoms with E-state index in [9.17, 15) is 9.59 Å². The van der Waals surface area contributed by atoms with Crippen molar-refractivity contribution in [2.75, 3.05) is 6.61 Å². The van der Waals surface area contributed by atoms with Gasteiger partial charge >= 0.3 is 5.97 Å². The zero-order valence-electron chi connectivity index (χ0n) is 13.2. The molecule has 0 aromatic heterocycles. The van der Waals surface area contributed by atoms with Gasteiger partial charge in [0.15, 0.2) is 0 Å². The summed E-state index contributed by atoms with van der Waals surface area (Å²) >= 11 is 5.95. The molecule has 1 fully saturated rings. The number of benzene rings is 1. The molecule has 0 bridgehead atoms. The van der Waals surface area contributed by atoms with Crippen molar-refractivity contribution in [2.24, 2.45) is 0 Å². The number of hydrogen-bond acceptors (Lipinski definition) is 3. The SMILES string of the molecule is Cc1cc(OCCCC(=O)NC2(CC(=O)O)CCC2)ccc1Cl. The lowest BCUT2D eigenvalue weighted by atomic mass is 9.74. The fourth-order valence-corrected chi connectivity index (χ4v) is 2.84. The maximum absolute atomic E-state index is 12.0. The molecule has 0 heterocycles. The number of rotatable bonds is 8. The maximum Gasteiger partial charge on any atom is 0.305 e. The van der Waals surface area contributed by atoms with Gasteiger partial charge in [0.2, 0.25) is 5.91 Å². The molecule has 2 rings (SSSR count). The lowest BCUT2D eigenvalue weighted by Gasteiger charge is -2.41. The summed E-state index contributed by atoms with van der Waals surface area (Å²) in [6.07, 6.45) is 3.35. The predicted octanol–water partition coefficient (Wildman–Crippen LogP) is 3.32. The van der Waals surface area contributed by atoms with Crippen LogP contribution in [0.15, 0.2) is 18.2 Å². The molecule has 6 heteroatoms. The molecule has 0 saturated heterocycles. The van der Waals surface area contributed by atoms with E-state index in [1.807, 2.05) is 13.0 Å². The molecule has 23 heavy (non-hydrogen) atoms. The van der Waals surface area contributed by atoms with Gasteiger partial charge < -0.3 is 15.2 Å². The highest BCUT2D eigenvalue weighted by Crippen LogP contribution is 2.35. The Morgan fingerprint density at radius 2 is 2.13 bits per heavy atom. The highest BCUT2D eigenvalue weighted by atomic mass is 35.5. The highest BCUT2D eigenvalue weighted by molar-refractivity contribution is 6.31. The van der Waals surface area contributed by atoms with Gasteiger partial charge in [0, 0.05) is 11.4 Å². The van der Waals surface area contributed by atoms with Crippen LogP contribution in [0.25, 0.3) is 0 Å². The molecule has 1 saturated carbocycles. The molecular weight excluding hydrogens is 318 g/mol. The van der Waals surface area contributed by atoms with E-state index in [1.165, 1.54) is 0 Å². The van der Waals surface area contributed by atoms with Crippen molar-refractivity contribution in [2.45, 2.75) is 51.0 Å². The van der Waals surface area contributed by atoms with Crippen molar-refractivity contribution >= 4 is 23.5 Å². The van der Waals surface area contributed by atoms with E-state index >= 15 is 0 Å². The Morgan fingerprint density at radius 1 is 1.39 bits per heavy atom. The molecule has 1 aromatic carbocycles. The number of hydrogen-bond donors (Lipinski definition) is 2. The smallest absolute Gasteiger partial charge is 0.305 e. The third-order valence-electron chi connectivity index (χ3n) is 4.15. The second-order valence-electron chi connectivity index (χ2n) is 6.12. The number of carbonyl (C=O) groups is 2. The molecule has 0 atom stereocenters. The van der Waals surface area contributed by atoms with Crippen LogP contribution in [-0.4, -0.2) is 29.1 Å². The van der Waals surface area contributed by atoms with Gasteiger partial charge in [0.05, 0.1) is 18.6 Å². The van der Waals surface area contributed by atoms with Crippen LogP contribution >= 0.6 is 11.6 Å². The fourth-order valence-electron chi connectivity index (χ4n) is 2.73. The Labute approximate surface area is 141 Å². The minimum absolute atomic E-state index is 0.000703. The predicted molar refractivity (Wildman–Crippen MR) is 87.9 cm³/mol. The van der Waals surface area contributed by atoms with Crippen molar-refractivity contribution in [1.29, 1.82) is 0 Å². The number of amides is 1. The Balaban J connectivity index is 1.70. The molecule has 2 N–H and O–H groups in total. The van der Waals surface area contributed by atoms with Crippen molar-refractivity contribution in [3.8, 4) is 5.75 Å². The summed E-state index contributed by atoms with van der Waals surface area (Å²) in [6.45, 7) is 2.34. The average Bonchev–Trinajstić information content (AvgIpc) is 2.44. The molecular formula is C17H22ClNO4. The fraction of sp³-hybridized carbons (Fsp3) is 0.529. The summed E-state index contributed by atoms with van der Waals surface area (Å²) in [5, 5.41) is 12.5. The van der Waals surface area contributed by atoms with Crippen LogP contribution < -0.4 is 10.1 Å². The molecule has 0 radical (unpaired) electrons. The van der Waals surface area contributed by atoms with Crippen LogP contribution in [-0.2, 0) is 9.59 Å². The van der Waals surface area contributed by atoms with Gasteiger partial charge in [-0.05, 0) is 56.4 Å². The van der Waals surface area contributed by atoms with E-state index in [0.717, 1.165) is 30.6 Å². The molecule has 0 spiro atoms. The van der Waals surface area contributed by atoms with Crippen LogP contribution in [0.3, 0.4) is 0 Å². The first kappa shape index (κ1) is 17.6. The molecule has 0 aliphatic heterocycles. The molecule has 0 unspecified atom stereocenters. The Kier molecular flexibility index (Phi) is 5.88. The van der Waals surface area contributed by atoms with Crippen molar-refractivity contribution in [3.05, 3.63) is 28.8 Å². The second-order valence-corrected chi connectivity index (χ2v) is 6.52. The topological polar surface area (TPSA) is 75.6 Å². The molecule has 126 valence electrons. The summed E-state index contributed by atoms with van der Waals surface area (Å²) in [5.74, 6) is -0.248. The number of halogens is 1. The minimum atomic E-state index is -0.869. The van der Waals surface area contributed by atoms with Crippen LogP contribution in [0.5, 0.6) is 5.75 Å². The third kappa shape index (κ3) is 5.13. The number of aryl methyl sites for hydroxylation is 1. The average molecular weight is 340 g/mol. The molecule has 1 aliphatic carbocycles. The van der Waals surface area contributed by atoms with Gasteiger partial charge in [-0.15, -0.1) is 0 Å². The van der Waals surface area contributed by atoms with Gasteiger partial charge in [-0.1, -0.05) is 11.6 Å². The van der Waals surface area contributed by atoms with E-state index in [2.05, 4.69) is 5.32 Å². The lowest BCUT2D eigenvalue weighted by Crippen LogP contribution is -2.54. The molecule has 1 amide bonds. The summed E-state index contributed by atoms with van der Waals surface area (Å²) in [4.78, 5) is 22.8. The first-order chi connectivity index (χ1) is 10.9. The lowest BCUT2D eigenvalue weighted by molar-refractivity contribution is -0.140. The molecule has 1 aliphatic rings. The molecule has 5 nitrogen and oxygen atoms in total. The quantitative estimate of drug-likeness (QED) is 0.712. The van der Waals surface area contributed by atoms with Gasteiger partial charge in [0.1, 0.15) is 5.75 Å². The van der Waals surface area contributed by atoms with Crippen LogP contribution in [0, 0.1) is 6.92 Å². The largest absolute Gasteiger partial charge is 0.494 e. The monoisotopic (exact) mass is 339 g/mol. The van der Waals surface area contributed by atoms with E-state index in [1.54, 1.807) is 12.1 Å². The summed E-state index contributed by atoms with van der Waals surface area (Å²) in [6, 6.07) is 5.44. The zero-order valence-corrected chi connectivity index (χ0v) is 14.0. The van der Waals surface area contributed by atoms with Crippen LogP contribution in [0.1, 0.15) is 44.1 Å². The number of aliphatic carboxylic acids is 1. The number of carboxylic acid groups (broad SMARTS) is 1. The summed E-state index contributed by atoms with van der Waals surface area (Å²) < 4.78 is 5.59. The standard InChI is InChI=1S/C17H22ClNO4/c1-12-10-13(5-6-14(12)18)23-9-2-4-15(20)19-17(7-3-8-17)11-16(21)22/h5-6,10H,2-4,7-9,11H2,1H3,(H,19,20)(H,21,22). The van der Waals surface area contributed by atoms with Crippen molar-refractivity contribution < 1.29 is 19.4 Å². The van der Waals surface area contributed by atoms with Crippen molar-refractivity contribution in [1.82, 2.24) is 5.32 Å². The van der Waals surface area contributed by atoms with E-state index in [-0.39, 0.29) is 12.3 Å². The van der Waals surface area contributed by atoms with Crippen LogP contribution in [0.4, 0.5) is 0 Å². The number of nitrogens with one attached hydrogen (secondary N) is 1. The second kappa shape index (κ2) is 7.68. The number of carbonyl (C=O) groups excluding carboxylic acids is 1. The maximum atomic E-state index is 12.0. The first-order valence-electron chi connectivity index (χ1n) is 7.82. The van der Waals surface area contributed by atoms with E-state index in [4.69, 9.17) is 21.4 Å². The summed E-state index contributed by atoms with van der Waals surface area (Å²) in [7, 11) is 0. The van der Waals surface area contributed by atoms with E-state index in [0.29, 0.717) is 24.5 Å². The van der Waals surface area contributed by atoms with Gasteiger partial charge in [-0.25, -0.2) is 0 Å². The minimum Gasteiger partial charge on any atom is -0.494 e. The summed E-state index contributed by atoms with van der Waals surface area (Å²) in [5.41, 5.74) is 0.416. The third-order valence-corrected chi connectivity index (χ3v) is 4.58. The Hall–Kier alpha value is -1.75. The van der Waals surface area contributed by atoms with E-state index < -0.39 is 11.5 Å². The zero-order chi connectivity index (χ0) is 16.9. The van der Waals surface area contributed by atoms with Gasteiger partial charge in [-0.3, -0.25) is 9.59 Å². The number of carboxylic acids is 1. The Bertz CT molecular complexity index is 584.